The summed E-state index contributed by atoms with van der Waals surface area (Å²) in [7, 11) is 0. The Labute approximate surface area is 184 Å². The van der Waals surface area contributed by atoms with Crippen molar-refractivity contribution in [2.24, 2.45) is 0 Å². The molecule has 3 aromatic carbocycles. The van der Waals surface area contributed by atoms with E-state index in [2.05, 4.69) is 79.2 Å². The molecule has 0 radical (unpaired) electrons. The van der Waals surface area contributed by atoms with Gasteiger partial charge in [0.05, 0.1) is 12.6 Å². The molecule has 31 heavy (non-hydrogen) atoms. The van der Waals surface area contributed by atoms with Crippen LogP contribution in [0, 0.1) is 0 Å². The molecule has 0 aliphatic rings. The van der Waals surface area contributed by atoms with Gasteiger partial charge in [-0.2, -0.15) is 0 Å². The number of nitrogens with zero attached hydrogens (tertiary/aromatic N) is 1. The first-order valence-electron chi connectivity index (χ1n) is 11.0. The van der Waals surface area contributed by atoms with Crippen molar-refractivity contribution in [2.75, 3.05) is 19.7 Å². The lowest BCUT2D eigenvalue weighted by Crippen LogP contribution is -2.32. The van der Waals surface area contributed by atoms with Crippen LogP contribution in [0.1, 0.15) is 26.3 Å². The maximum absolute atomic E-state index is 10.6. The molecule has 0 aliphatic heterocycles. The topological polar surface area (TPSA) is 46.4 Å². The van der Waals surface area contributed by atoms with Gasteiger partial charge in [0, 0.05) is 34.9 Å². The first-order valence-corrected chi connectivity index (χ1v) is 11.0. The lowest BCUT2D eigenvalue weighted by molar-refractivity contribution is 0.152. The Bertz CT molecular complexity index is 1090. The molecule has 1 heterocycles. The largest absolute Gasteiger partial charge is 0.492 e. The Morgan fingerprint density at radius 1 is 0.871 bits per heavy atom. The third kappa shape index (κ3) is 4.92. The molecule has 0 aliphatic carbocycles. The summed E-state index contributed by atoms with van der Waals surface area (Å²) in [4.78, 5) is 0. The highest BCUT2D eigenvalue weighted by atomic mass is 16.5. The normalized spacial score (nSPS) is 13.0. The predicted molar refractivity (Wildman–Crippen MR) is 129 cm³/mol. The van der Waals surface area contributed by atoms with Gasteiger partial charge >= 0.3 is 0 Å². The van der Waals surface area contributed by atoms with Crippen LogP contribution in [0.25, 0.3) is 21.8 Å². The second-order valence-corrected chi connectivity index (χ2v) is 9.13. The SMILES string of the molecule is CC(C)(C)c1ccc(OCCNCC(O)Cn2c3ccccc3c3ccccc32)cc1. The molecule has 4 nitrogen and oxygen atoms in total. The fourth-order valence-corrected chi connectivity index (χ4v) is 4.04. The van der Waals surface area contributed by atoms with Crippen molar-refractivity contribution in [3.63, 3.8) is 0 Å². The molecule has 0 bridgehead atoms. The molecule has 0 saturated carbocycles. The number of rotatable bonds is 8. The van der Waals surface area contributed by atoms with Crippen LogP contribution < -0.4 is 10.1 Å². The lowest BCUT2D eigenvalue weighted by Gasteiger charge is -2.19. The minimum absolute atomic E-state index is 0.145. The van der Waals surface area contributed by atoms with E-state index in [9.17, 15) is 5.11 Å². The van der Waals surface area contributed by atoms with Crippen molar-refractivity contribution in [1.82, 2.24) is 9.88 Å². The molecule has 4 rings (SSSR count). The molecule has 0 spiro atoms. The van der Waals surface area contributed by atoms with E-state index in [1.807, 2.05) is 24.3 Å². The van der Waals surface area contributed by atoms with E-state index in [4.69, 9.17) is 4.74 Å². The number of ether oxygens (including phenoxy) is 1. The van der Waals surface area contributed by atoms with E-state index in [1.165, 1.54) is 16.3 Å². The van der Waals surface area contributed by atoms with Crippen molar-refractivity contribution in [1.29, 1.82) is 0 Å². The standard InChI is InChI=1S/C27H32N2O2/c1-27(2,3)20-12-14-22(15-13-20)31-17-16-28-18-21(30)19-29-25-10-6-4-8-23(25)24-9-5-7-11-26(24)29/h4-15,21,28,30H,16-19H2,1-3H3. The lowest BCUT2D eigenvalue weighted by atomic mass is 9.87. The first kappa shape index (κ1) is 21.4. The van der Waals surface area contributed by atoms with Crippen LogP contribution in [0.5, 0.6) is 5.75 Å². The van der Waals surface area contributed by atoms with Gasteiger partial charge in [-0.15, -0.1) is 0 Å². The van der Waals surface area contributed by atoms with E-state index in [-0.39, 0.29) is 5.41 Å². The molecule has 2 N–H and O–H groups in total. The molecule has 0 amide bonds. The van der Waals surface area contributed by atoms with Gasteiger partial charge in [0.2, 0.25) is 0 Å². The Hall–Kier alpha value is -2.82. The Morgan fingerprint density at radius 2 is 1.45 bits per heavy atom. The molecule has 162 valence electrons. The fraction of sp³-hybridized carbons (Fsp3) is 0.333. The number of nitrogens with one attached hydrogen (secondary N) is 1. The zero-order valence-electron chi connectivity index (χ0n) is 18.6. The third-order valence-corrected chi connectivity index (χ3v) is 5.72. The van der Waals surface area contributed by atoms with Gasteiger partial charge in [-0.25, -0.2) is 0 Å². The van der Waals surface area contributed by atoms with Crippen molar-refractivity contribution >= 4 is 21.8 Å². The maximum Gasteiger partial charge on any atom is 0.119 e. The van der Waals surface area contributed by atoms with Gasteiger partial charge in [0.25, 0.3) is 0 Å². The quantitative estimate of drug-likeness (QED) is 0.392. The van der Waals surface area contributed by atoms with Crippen molar-refractivity contribution in [3.8, 4) is 5.75 Å². The molecule has 1 unspecified atom stereocenters. The number of fused-ring (bicyclic) bond motifs is 3. The van der Waals surface area contributed by atoms with Gasteiger partial charge in [0.15, 0.2) is 0 Å². The molecular formula is C27H32N2O2. The highest BCUT2D eigenvalue weighted by Crippen LogP contribution is 2.29. The summed E-state index contributed by atoms with van der Waals surface area (Å²) in [6.07, 6.45) is -0.481. The summed E-state index contributed by atoms with van der Waals surface area (Å²) >= 11 is 0. The number of benzene rings is 3. The van der Waals surface area contributed by atoms with Crippen LogP contribution in [-0.2, 0) is 12.0 Å². The Kier molecular flexibility index (Phi) is 6.30. The second kappa shape index (κ2) is 9.13. The fourth-order valence-electron chi connectivity index (χ4n) is 4.04. The molecule has 1 aromatic heterocycles. The molecule has 0 fully saturated rings. The van der Waals surface area contributed by atoms with Gasteiger partial charge < -0.3 is 19.7 Å². The summed E-state index contributed by atoms with van der Waals surface area (Å²) in [5.74, 6) is 0.876. The third-order valence-electron chi connectivity index (χ3n) is 5.72. The van der Waals surface area contributed by atoms with Crippen LogP contribution in [0.15, 0.2) is 72.8 Å². The van der Waals surface area contributed by atoms with E-state index < -0.39 is 6.10 Å². The molecule has 4 heteroatoms. The molecule has 4 aromatic rings. The average molecular weight is 417 g/mol. The minimum Gasteiger partial charge on any atom is -0.492 e. The van der Waals surface area contributed by atoms with E-state index in [0.29, 0.717) is 26.2 Å². The van der Waals surface area contributed by atoms with Gasteiger partial charge in [-0.1, -0.05) is 69.3 Å². The van der Waals surface area contributed by atoms with Crippen molar-refractivity contribution < 1.29 is 9.84 Å². The number of para-hydroxylation sites is 2. The van der Waals surface area contributed by atoms with Crippen LogP contribution in [0.3, 0.4) is 0 Å². The van der Waals surface area contributed by atoms with Crippen LogP contribution in [0.4, 0.5) is 0 Å². The van der Waals surface area contributed by atoms with E-state index >= 15 is 0 Å². The summed E-state index contributed by atoms with van der Waals surface area (Å²) < 4.78 is 8.04. The number of aliphatic hydroxyl groups is 1. The number of aromatic nitrogens is 1. The summed E-state index contributed by atoms with van der Waals surface area (Å²) in [6, 6.07) is 25.0. The number of aliphatic hydroxyl groups excluding tert-OH is 1. The van der Waals surface area contributed by atoms with Crippen LogP contribution >= 0.6 is 0 Å². The number of hydrogen-bond donors (Lipinski definition) is 2. The zero-order chi connectivity index (χ0) is 21.8. The van der Waals surface area contributed by atoms with Crippen LogP contribution in [-0.4, -0.2) is 35.5 Å². The highest BCUT2D eigenvalue weighted by Gasteiger charge is 2.14. The Balaban J connectivity index is 1.29. The van der Waals surface area contributed by atoms with Crippen molar-refractivity contribution in [3.05, 3.63) is 78.4 Å². The zero-order valence-corrected chi connectivity index (χ0v) is 18.6. The first-order chi connectivity index (χ1) is 14.9. The highest BCUT2D eigenvalue weighted by molar-refractivity contribution is 6.07. The van der Waals surface area contributed by atoms with Gasteiger partial charge in [0.1, 0.15) is 12.4 Å². The predicted octanol–water partition coefficient (Wildman–Crippen LogP) is 5.12. The number of hydrogen-bond acceptors (Lipinski definition) is 3. The summed E-state index contributed by atoms with van der Waals surface area (Å²) in [5.41, 5.74) is 3.76. The van der Waals surface area contributed by atoms with Gasteiger partial charge in [-0.05, 0) is 35.2 Å². The molecule has 1 atom stereocenters. The van der Waals surface area contributed by atoms with E-state index in [1.54, 1.807) is 0 Å². The van der Waals surface area contributed by atoms with E-state index in [0.717, 1.165) is 16.8 Å². The van der Waals surface area contributed by atoms with Crippen LogP contribution in [0.2, 0.25) is 0 Å². The summed E-state index contributed by atoms with van der Waals surface area (Å²) in [6.45, 7) is 8.94. The summed E-state index contributed by atoms with van der Waals surface area (Å²) in [5, 5.41) is 16.4. The minimum atomic E-state index is -0.481. The smallest absolute Gasteiger partial charge is 0.119 e. The van der Waals surface area contributed by atoms with Crippen molar-refractivity contribution in [2.45, 2.75) is 38.8 Å². The van der Waals surface area contributed by atoms with Gasteiger partial charge in [-0.3, -0.25) is 0 Å². The molecular weight excluding hydrogens is 384 g/mol. The molecule has 0 saturated heterocycles. The maximum atomic E-state index is 10.6. The monoisotopic (exact) mass is 416 g/mol. The second-order valence-electron chi connectivity index (χ2n) is 9.13. The average Bonchev–Trinajstić information content (AvgIpc) is 3.07. The Morgan fingerprint density at radius 3 is 2.03 bits per heavy atom.